The van der Waals surface area contributed by atoms with Gasteiger partial charge >= 0.3 is 0 Å². The molecule has 0 spiro atoms. The summed E-state index contributed by atoms with van der Waals surface area (Å²) in [6.07, 6.45) is 3.42. The topological polar surface area (TPSA) is 231 Å². The molecule has 13 heteroatoms. The second-order valence-corrected chi connectivity index (χ2v) is 13.4. The average molecular weight is 664 g/mol. The molecule has 1 aromatic heterocycles. The molecular weight excluding hydrogens is 610 g/mol. The fourth-order valence-corrected chi connectivity index (χ4v) is 5.47. The van der Waals surface area contributed by atoms with E-state index in [1.54, 1.807) is 12.1 Å². The number of unbranched alkanes of at least 4 members (excludes halogenated alkanes) is 1. The van der Waals surface area contributed by atoms with E-state index in [9.17, 15) is 14.7 Å². The molecule has 2 amide bonds. The number of amides is 2. The SMILES string of the molecule is Cc1cc(O)cc(C)c1CC(NC(=O)C(N)CCCNC(=N)N)C(=O)N[C@H](CCCCN)c1nc(Cc2ccc(C(C)(C)C)cc2)no1. The Hall–Kier alpha value is -4.49. The lowest BCUT2D eigenvalue weighted by Gasteiger charge is -2.24. The van der Waals surface area contributed by atoms with Gasteiger partial charge in [-0.2, -0.15) is 4.98 Å². The Morgan fingerprint density at radius 1 is 1.00 bits per heavy atom. The van der Waals surface area contributed by atoms with E-state index in [1.165, 1.54) is 5.56 Å². The van der Waals surface area contributed by atoms with Crippen molar-refractivity contribution in [2.45, 2.75) is 103 Å². The van der Waals surface area contributed by atoms with Gasteiger partial charge in [0.25, 0.3) is 0 Å². The van der Waals surface area contributed by atoms with Crippen molar-refractivity contribution >= 4 is 17.8 Å². The minimum atomic E-state index is -0.985. The van der Waals surface area contributed by atoms with Gasteiger partial charge in [0.15, 0.2) is 11.8 Å². The van der Waals surface area contributed by atoms with E-state index in [1.807, 2.05) is 13.8 Å². The van der Waals surface area contributed by atoms with Crippen molar-refractivity contribution in [1.82, 2.24) is 26.1 Å². The lowest BCUT2D eigenvalue weighted by Crippen LogP contribution is -2.53. The lowest BCUT2D eigenvalue weighted by molar-refractivity contribution is -0.130. The Kier molecular flexibility index (Phi) is 13.9. The van der Waals surface area contributed by atoms with Gasteiger partial charge in [0.05, 0.1) is 6.04 Å². The number of phenols is 1. The van der Waals surface area contributed by atoms with E-state index in [0.29, 0.717) is 51.0 Å². The van der Waals surface area contributed by atoms with Crippen molar-refractivity contribution in [3.05, 3.63) is 75.9 Å². The Morgan fingerprint density at radius 2 is 1.67 bits per heavy atom. The molecule has 2 aromatic carbocycles. The summed E-state index contributed by atoms with van der Waals surface area (Å²) >= 11 is 0. The first-order chi connectivity index (χ1) is 22.7. The number of nitrogens with two attached hydrogens (primary N) is 3. The highest BCUT2D eigenvalue weighted by Gasteiger charge is 2.29. The number of benzene rings is 2. The number of carbonyl (C=O) groups excluding carboxylic acids is 2. The number of nitrogens with zero attached hydrogens (tertiary/aromatic N) is 2. The highest BCUT2D eigenvalue weighted by molar-refractivity contribution is 5.90. The number of aryl methyl sites for hydroxylation is 2. The first-order valence-electron chi connectivity index (χ1n) is 16.5. The maximum Gasteiger partial charge on any atom is 0.249 e. The van der Waals surface area contributed by atoms with Crippen LogP contribution in [0.2, 0.25) is 0 Å². The summed E-state index contributed by atoms with van der Waals surface area (Å²) in [5, 5.41) is 30.1. The van der Waals surface area contributed by atoms with Crippen LogP contribution < -0.4 is 33.2 Å². The minimum absolute atomic E-state index is 0.0443. The summed E-state index contributed by atoms with van der Waals surface area (Å²) in [4.78, 5) is 31.8. The number of hydrogen-bond acceptors (Lipinski definition) is 9. The standard InChI is InChI=1S/C35H53N9O4/c1-21-17-25(45)18-22(2)26(21)20-29(42-31(46)27(37)9-8-16-40-34(38)39)32(47)41-28(10-6-7-15-36)33-43-30(44-48-33)19-23-11-13-24(14-12-23)35(3,4)5/h11-14,17-18,27-29,45H,6-10,15-16,19-20,36-37H2,1-5H3,(H,41,47)(H,42,46)(H4,38,39,40)/t27?,28-,29?/m1/s1. The molecule has 0 radical (unpaired) electrons. The number of phenolic OH excluding ortho intramolecular Hbond substituents is 1. The van der Waals surface area contributed by atoms with E-state index in [0.717, 1.165) is 28.7 Å². The molecule has 11 N–H and O–H groups in total. The summed E-state index contributed by atoms with van der Waals surface area (Å²) in [5.74, 6) is -0.179. The third-order valence-corrected chi connectivity index (χ3v) is 8.29. The molecule has 0 aliphatic carbocycles. The number of rotatable bonds is 17. The zero-order chi connectivity index (χ0) is 35.4. The number of aromatic nitrogens is 2. The van der Waals surface area contributed by atoms with Crippen molar-refractivity contribution in [2.75, 3.05) is 13.1 Å². The lowest BCUT2D eigenvalue weighted by atomic mass is 9.86. The number of hydrogen-bond donors (Lipinski definition) is 8. The zero-order valence-corrected chi connectivity index (χ0v) is 28.9. The first-order valence-corrected chi connectivity index (χ1v) is 16.5. The van der Waals surface area contributed by atoms with Gasteiger partial charge in [-0.1, -0.05) is 50.2 Å². The van der Waals surface area contributed by atoms with Crippen LogP contribution in [0, 0.1) is 19.3 Å². The quantitative estimate of drug-likeness (QED) is 0.0598. The van der Waals surface area contributed by atoms with Crippen LogP contribution in [-0.2, 0) is 27.8 Å². The van der Waals surface area contributed by atoms with Gasteiger partial charge in [-0.3, -0.25) is 15.0 Å². The van der Waals surface area contributed by atoms with Crippen molar-refractivity contribution in [3.63, 3.8) is 0 Å². The van der Waals surface area contributed by atoms with Crippen LogP contribution in [0.5, 0.6) is 5.75 Å². The molecule has 0 aliphatic rings. The van der Waals surface area contributed by atoms with Crippen LogP contribution in [-0.4, -0.2) is 58.2 Å². The molecule has 0 aliphatic heterocycles. The summed E-state index contributed by atoms with van der Waals surface area (Å²) in [5.41, 5.74) is 22.0. The van der Waals surface area contributed by atoms with Gasteiger partial charge in [0.1, 0.15) is 17.8 Å². The van der Waals surface area contributed by atoms with Crippen molar-refractivity contribution in [3.8, 4) is 5.75 Å². The predicted octanol–water partition coefficient (Wildman–Crippen LogP) is 2.88. The molecule has 3 aromatic rings. The third kappa shape index (κ3) is 11.6. The Bertz CT molecular complexity index is 1490. The van der Waals surface area contributed by atoms with Crippen molar-refractivity contribution in [2.24, 2.45) is 17.2 Å². The van der Waals surface area contributed by atoms with Gasteiger partial charge in [-0.25, -0.2) is 0 Å². The smallest absolute Gasteiger partial charge is 0.249 e. The maximum atomic E-state index is 14.0. The molecule has 3 atom stereocenters. The van der Waals surface area contributed by atoms with Crippen LogP contribution in [0.4, 0.5) is 0 Å². The average Bonchev–Trinajstić information content (AvgIpc) is 3.47. The van der Waals surface area contributed by atoms with Gasteiger partial charge in [-0.05, 0) is 97.9 Å². The molecule has 13 nitrogen and oxygen atoms in total. The molecule has 48 heavy (non-hydrogen) atoms. The summed E-state index contributed by atoms with van der Waals surface area (Å²) in [6, 6.07) is 9.10. The summed E-state index contributed by atoms with van der Waals surface area (Å²) in [6.45, 7) is 11.1. The van der Waals surface area contributed by atoms with Gasteiger partial charge in [0.2, 0.25) is 17.7 Å². The van der Waals surface area contributed by atoms with Gasteiger partial charge < -0.3 is 42.8 Å². The molecule has 262 valence electrons. The highest BCUT2D eigenvalue weighted by Crippen LogP contribution is 2.25. The summed E-state index contributed by atoms with van der Waals surface area (Å²) in [7, 11) is 0. The van der Waals surface area contributed by atoms with Gasteiger partial charge in [-0.15, -0.1) is 0 Å². The van der Waals surface area contributed by atoms with Crippen LogP contribution in [0.15, 0.2) is 40.9 Å². The fourth-order valence-electron chi connectivity index (χ4n) is 5.47. The zero-order valence-electron chi connectivity index (χ0n) is 28.9. The van der Waals surface area contributed by atoms with E-state index in [-0.39, 0.29) is 29.4 Å². The maximum absolute atomic E-state index is 14.0. The Morgan fingerprint density at radius 3 is 2.27 bits per heavy atom. The highest BCUT2D eigenvalue weighted by atomic mass is 16.5. The number of aromatic hydroxyl groups is 1. The Balaban J connectivity index is 1.82. The Labute approximate surface area is 283 Å². The molecule has 3 rings (SSSR count). The van der Waals surface area contributed by atoms with E-state index in [2.05, 4.69) is 71.1 Å². The van der Waals surface area contributed by atoms with Gasteiger partial charge in [0, 0.05) is 19.4 Å². The summed E-state index contributed by atoms with van der Waals surface area (Å²) < 4.78 is 5.68. The van der Waals surface area contributed by atoms with Crippen molar-refractivity contribution < 1.29 is 19.2 Å². The minimum Gasteiger partial charge on any atom is -0.508 e. The first kappa shape index (κ1) is 38.0. The number of nitrogens with one attached hydrogen (secondary N) is 4. The molecule has 1 heterocycles. The van der Waals surface area contributed by atoms with Crippen LogP contribution in [0.3, 0.4) is 0 Å². The van der Waals surface area contributed by atoms with Crippen LogP contribution in [0.1, 0.15) is 98.4 Å². The number of carbonyl (C=O) groups is 2. The third-order valence-electron chi connectivity index (χ3n) is 8.29. The van der Waals surface area contributed by atoms with E-state index < -0.39 is 29.9 Å². The largest absolute Gasteiger partial charge is 0.508 e. The fraction of sp³-hybridized carbons (Fsp3) is 0.514. The second kappa shape index (κ2) is 17.6. The monoisotopic (exact) mass is 663 g/mol. The van der Waals surface area contributed by atoms with Crippen LogP contribution >= 0.6 is 0 Å². The molecular formula is C35H53N9O4. The molecule has 0 saturated carbocycles. The molecule has 0 bridgehead atoms. The van der Waals surface area contributed by atoms with E-state index in [4.69, 9.17) is 27.1 Å². The predicted molar refractivity (Wildman–Crippen MR) is 186 cm³/mol. The molecule has 0 fully saturated rings. The van der Waals surface area contributed by atoms with E-state index >= 15 is 0 Å². The second-order valence-electron chi connectivity index (χ2n) is 13.4. The van der Waals surface area contributed by atoms with Crippen LogP contribution in [0.25, 0.3) is 0 Å². The number of guanidine groups is 1. The molecule has 2 unspecified atom stereocenters. The van der Waals surface area contributed by atoms with Crippen molar-refractivity contribution in [1.29, 1.82) is 5.41 Å². The molecule has 0 saturated heterocycles. The normalized spacial score (nSPS) is 13.4.